The highest BCUT2D eigenvalue weighted by molar-refractivity contribution is 5.65. The summed E-state index contributed by atoms with van der Waals surface area (Å²) in [4.78, 5) is 9.59. The Balaban J connectivity index is -0.0000000646. The molecule has 8 rings (SSSR count). The van der Waals surface area contributed by atoms with Gasteiger partial charge >= 0.3 is 5.97 Å². The Morgan fingerprint density at radius 2 is 0.511 bits per heavy atom. The van der Waals surface area contributed by atoms with Crippen LogP contribution in [0, 0.1) is 47.3 Å². The molecule has 0 heterocycles. The van der Waals surface area contributed by atoms with Crippen LogP contribution in [-0.2, 0) is 9.53 Å². The summed E-state index contributed by atoms with van der Waals surface area (Å²) in [6.45, 7) is 32.1. The lowest BCUT2D eigenvalue weighted by molar-refractivity contribution is -0.137. The summed E-state index contributed by atoms with van der Waals surface area (Å²) in [7, 11) is 1.35. The number of methoxy groups -OCH3 is 1. The van der Waals surface area contributed by atoms with Crippen molar-refractivity contribution in [3.8, 4) is 0 Å². The quantitative estimate of drug-likeness (QED) is 0.215. The van der Waals surface area contributed by atoms with Crippen molar-refractivity contribution in [1.82, 2.24) is 0 Å². The van der Waals surface area contributed by atoms with Gasteiger partial charge in [0, 0.05) is 6.92 Å². The first-order chi connectivity index (χ1) is 20.9. The van der Waals surface area contributed by atoms with E-state index in [9.17, 15) is 4.79 Å². The first kappa shape index (κ1) is 64.7. The minimum absolute atomic E-state index is 0. The number of hydrogen-bond acceptors (Lipinski definition) is 2. The summed E-state index contributed by atoms with van der Waals surface area (Å²) in [5.74, 6) is 9.17. The maximum atomic E-state index is 9.59. The standard InChI is InChI=1S/2C10H16.2C4H10.C3H6O2.4C2H6.C2H4.4CH4/c2*1-7-2-9-4-8(1)5-10(3-7)6-9;2*1-3-4-2;1-3(4)5-2;5*1-2;;;;/h2*7-10H,1-6H2;2*3-4H2,1-2H3;1-2H3;4*1-2H3;1-2H2;4*1H4. The molecule has 0 aromatic heterocycles. The van der Waals surface area contributed by atoms with Crippen molar-refractivity contribution < 1.29 is 9.53 Å². The van der Waals surface area contributed by atoms with E-state index in [1.807, 2.05) is 55.4 Å². The molecule has 8 aliphatic rings. The van der Waals surface area contributed by atoms with Crippen molar-refractivity contribution in [3.05, 3.63) is 13.2 Å². The Morgan fingerprint density at radius 3 is 0.553 bits per heavy atom. The van der Waals surface area contributed by atoms with Gasteiger partial charge in [-0.25, -0.2) is 0 Å². The number of carbonyl (C=O) groups excluding carboxylic acids is 1. The zero-order chi connectivity index (χ0) is 34.2. The van der Waals surface area contributed by atoms with Crippen molar-refractivity contribution in [3.63, 3.8) is 0 Å². The molecule has 0 atom stereocenters. The first-order valence-corrected chi connectivity index (χ1v) is 19.4. The van der Waals surface area contributed by atoms with Crippen molar-refractivity contribution in [2.24, 2.45) is 47.3 Å². The Hall–Kier alpha value is -0.790. The van der Waals surface area contributed by atoms with Crippen molar-refractivity contribution >= 4 is 5.97 Å². The monoisotopic (exact) mass is 675 g/mol. The van der Waals surface area contributed by atoms with E-state index in [0.29, 0.717) is 0 Å². The topological polar surface area (TPSA) is 26.3 Å². The Kier molecular flexibility index (Phi) is 65.1. The molecule has 0 N–H and O–H groups in total. The average Bonchev–Trinajstić information content (AvgIpc) is 3.05. The second-order valence-corrected chi connectivity index (χ2v) is 12.5. The van der Waals surface area contributed by atoms with Crippen molar-refractivity contribution in [1.29, 1.82) is 0 Å². The number of carbonyl (C=O) groups is 1. The fourth-order valence-corrected chi connectivity index (χ4v) is 7.97. The molecule has 8 bridgehead atoms. The van der Waals surface area contributed by atoms with Gasteiger partial charge < -0.3 is 4.74 Å². The van der Waals surface area contributed by atoms with Crippen LogP contribution in [0.15, 0.2) is 13.2 Å². The van der Waals surface area contributed by atoms with Gasteiger partial charge in [-0.3, -0.25) is 4.79 Å². The van der Waals surface area contributed by atoms with Gasteiger partial charge in [-0.2, -0.15) is 0 Å². The van der Waals surface area contributed by atoms with E-state index >= 15 is 0 Å². The summed E-state index contributed by atoms with van der Waals surface area (Å²) in [5, 5.41) is 0. The van der Waals surface area contributed by atoms with Gasteiger partial charge in [-0.15, -0.1) is 13.2 Å². The zero-order valence-corrected chi connectivity index (χ0v) is 32.7. The molecule has 8 fully saturated rings. The van der Waals surface area contributed by atoms with Gasteiger partial charge in [-0.1, -0.05) is 138 Å². The van der Waals surface area contributed by atoms with E-state index in [4.69, 9.17) is 0 Å². The lowest BCUT2D eigenvalue weighted by atomic mass is 9.56. The van der Waals surface area contributed by atoms with E-state index in [-0.39, 0.29) is 35.7 Å². The van der Waals surface area contributed by atoms with Gasteiger partial charge in [-0.05, 0) is 124 Å². The van der Waals surface area contributed by atoms with Gasteiger partial charge in [0.05, 0.1) is 7.11 Å². The summed E-state index contributed by atoms with van der Waals surface area (Å²) >= 11 is 0. The molecule has 47 heavy (non-hydrogen) atoms. The predicted octanol–water partition coefficient (Wildman–Crippen LogP) is 16.9. The summed E-state index contributed by atoms with van der Waals surface area (Å²) in [6, 6.07) is 0. The molecule has 2 heteroatoms. The van der Waals surface area contributed by atoms with Gasteiger partial charge in [0.1, 0.15) is 0 Å². The molecule has 0 aromatic rings. The van der Waals surface area contributed by atoms with Crippen LogP contribution >= 0.6 is 0 Å². The van der Waals surface area contributed by atoms with Crippen LogP contribution in [-0.4, -0.2) is 13.1 Å². The molecule has 0 amide bonds. The minimum Gasteiger partial charge on any atom is -0.469 e. The van der Waals surface area contributed by atoms with Crippen LogP contribution in [0.3, 0.4) is 0 Å². The Bertz CT molecular complexity index is 383. The number of hydrogen-bond donors (Lipinski definition) is 0. The van der Waals surface area contributed by atoms with Gasteiger partial charge in [0.2, 0.25) is 0 Å². The molecule has 0 saturated heterocycles. The van der Waals surface area contributed by atoms with E-state index in [1.54, 1.807) is 77.0 Å². The molecule has 0 unspecified atom stereocenters. The van der Waals surface area contributed by atoms with Crippen LogP contribution < -0.4 is 0 Å². The molecule has 0 aromatic carbocycles. The summed E-state index contributed by atoms with van der Waals surface area (Å²) in [5.41, 5.74) is 0. The number of unbranched alkanes of at least 4 members (excludes halogenated alkanes) is 2. The van der Waals surface area contributed by atoms with Crippen LogP contribution in [0.2, 0.25) is 0 Å². The van der Waals surface area contributed by atoms with E-state index < -0.39 is 0 Å². The fourth-order valence-electron chi connectivity index (χ4n) is 7.97. The molecule has 8 saturated carbocycles. The Labute approximate surface area is 304 Å². The second-order valence-electron chi connectivity index (χ2n) is 12.5. The van der Waals surface area contributed by atoms with E-state index in [0.717, 1.165) is 0 Å². The Morgan fingerprint density at radius 1 is 0.426 bits per heavy atom. The summed E-state index contributed by atoms with van der Waals surface area (Å²) < 4.78 is 4.11. The first-order valence-electron chi connectivity index (χ1n) is 19.4. The number of esters is 1. The number of ether oxygens (including phenoxy) is 1. The van der Waals surface area contributed by atoms with E-state index in [1.165, 1.54) is 87.1 Å². The lowest BCUT2D eigenvalue weighted by Crippen LogP contribution is -2.38. The van der Waals surface area contributed by atoms with Crippen LogP contribution in [0.4, 0.5) is 0 Å². The normalized spacial score (nSPS) is 27.1. The zero-order valence-electron chi connectivity index (χ0n) is 32.7. The molecule has 0 radical (unpaired) electrons. The molecule has 2 nitrogen and oxygen atoms in total. The molecule has 0 aliphatic heterocycles. The summed E-state index contributed by atoms with van der Waals surface area (Å²) in [6.07, 6.45) is 24.5. The molecule has 8 aliphatic carbocycles. The SMILES string of the molecule is C.C.C.C.C1C2CC3CC1CC(C2)C3.C1C2CC3CC1CC(C2)C3.C=C.CC.CC.CC.CC.CCCC.CCCC.COC(C)=O. The van der Waals surface area contributed by atoms with Crippen LogP contribution in [0.5, 0.6) is 0 Å². The highest BCUT2D eigenvalue weighted by Gasteiger charge is 2.42. The highest BCUT2D eigenvalue weighted by Crippen LogP contribution is 2.54. The second kappa shape index (κ2) is 47.3. The molecule has 0 spiro atoms. The fraction of sp³-hybridized carbons (Fsp3) is 0.933. The van der Waals surface area contributed by atoms with Gasteiger partial charge in [0.15, 0.2) is 0 Å². The smallest absolute Gasteiger partial charge is 0.302 e. The average molecular weight is 675 g/mol. The largest absolute Gasteiger partial charge is 0.469 e. The highest BCUT2D eigenvalue weighted by atomic mass is 16.5. The molecular formula is C45H102O2. The third-order valence-electron chi connectivity index (χ3n) is 9.29. The minimum atomic E-state index is -0.245. The maximum Gasteiger partial charge on any atom is 0.302 e. The molecule has 294 valence electrons. The lowest BCUT2D eigenvalue weighted by Gasteiger charge is -2.49. The van der Waals surface area contributed by atoms with Crippen LogP contribution in [0.1, 0.15) is 222 Å². The maximum absolute atomic E-state index is 9.59. The van der Waals surface area contributed by atoms with E-state index in [2.05, 4.69) is 45.6 Å². The number of rotatable bonds is 2. The van der Waals surface area contributed by atoms with Crippen molar-refractivity contribution in [2.45, 2.75) is 222 Å². The third kappa shape index (κ3) is 32.2. The predicted molar refractivity (Wildman–Crippen MR) is 226 cm³/mol. The van der Waals surface area contributed by atoms with Crippen LogP contribution in [0.25, 0.3) is 0 Å². The molecular weight excluding hydrogens is 572 g/mol. The third-order valence-corrected chi connectivity index (χ3v) is 9.29. The van der Waals surface area contributed by atoms with Gasteiger partial charge in [0.25, 0.3) is 0 Å². The van der Waals surface area contributed by atoms with Crippen molar-refractivity contribution in [2.75, 3.05) is 7.11 Å².